The fourth-order valence-electron chi connectivity index (χ4n) is 3.02. The highest BCUT2D eigenvalue weighted by Crippen LogP contribution is 2.33. The van der Waals surface area contributed by atoms with Crippen molar-refractivity contribution in [2.45, 2.75) is 30.5 Å². The predicted molar refractivity (Wildman–Crippen MR) is 115 cm³/mol. The van der Waals surface area contributed by atoms with Gasteiger partial charge in [0.25, 0.3) is 0 Å². The van der Waals surface area contributed by atoms with Crippen molar-refractivity contribution in [1.82, 2.24) is 4.98 Å². The van der Waals surface area contributed by atoms with E-state index >= 15 is 0 Å². The standard InChI is InChI=1S/C22H24N2O3S/c1-5-19(22(25)23-16-10-6-7-11-17(16)26-3)28-20-13-14(2)15-9-8-12-18(27-4)21(15)24-20/h6-13,19H,5H2,1-4H3,(H,23,25). The molecule has 3 rings (SSSR count). The molecule has 0 saturated heterocycles. The number of carbonyl (C=O) groups is 1. The molecule has 5 nitrogen and oxygen atoms in total. The van der Waals surface area contributed by atoms with Gasteiger partial charge in [0.1, 0.15) is 17.0 Å². The van der Waals surface area contributed by atoms with Crippen molar-refractivity contribution in [3.63, 3.8) is 0 Å². The average molecular weight is 397 g/mol. The Hall–Kier alpha value is -2.73. The first-order valence-corrected chi connectivity index (χ1v) is 10.00. The molecule has 1 heterocycles. The summed E-state index contributed by atoms with van der Waals surface area (Å²) in [6, 6.07) is 15.3. The summed E-state index contributed by atoms with van der Waals surface area (Å²) in [7, 11) is 3.23. The molecule has 1 N–H and O–H groups in total. The van der Waals surface area contributed by atoms with Crippen molar-refractivity contribution in [3.05, 3.63) is 54.1 Å². The van der Waals surface area contributed by atoms with Crippen LogP contribution in [-0.2, 0) is 4.79 Å². The van der Waals surface area contributed by atoms with Crippen LogP contribution in [0, 0.1) is 6.92 Å². The zero-order valence-electron chi connectivity index (χ0n) is 16.5. The highest BCUT2D eigenvalue weighted by Gasteiger charge is 2.21. The lowest BCUT2D eigenvalue weighted by Gasteiger charge is -2.17. The van der Waals surface area contributed by atoms with E-state index in [2.05, 4.69) is 5.32 Å². The number of para-hydroxylation sites is 3. The molecular formula is C22H24N2O3S. The smallest absolute Gasteiger partial charge is 0.238 e. The first-order valence-electron chi connectivity index (χ1n) is 9.12. The molecule has 0 aliphatic rings. The number of carbonyl (C=O) groups excluding carboxylic acids is 1. The number of rotatable bonds is 7. The van der Waals surface area contributed by atoms with Gasteiger partial charge in [-0.3, -0.25) is 4.79 Å². The lowest BCUT2D eigenvalue weighted by atomic mass is 10.1. The summed E-state index contributed by atoms with van der Waals surface area (Å²) in [6.45, 7) is 4.04. The molecule has 0 spiro atoms. The molecule has 2 aromatic carbocycles. The van der Waals surface area contributed by atoms with E-state index in [1.807, 2.05) is 62.4 Å². The normalized spacial score (nSPS) is 11.9. The van der Waals surface area contributed by atoms with Crippen molar-refractivity contribution in [2.24, 2.45) is 0 Å². The number of anilines is 1. The van der Waals surface area contributed by atoms with Crippen LogP contribution in [0.2, 0.25) is 0 Å². The second kappa shape index (κ2) is 8.97. The summed E-state index contributed by atoms with van der Waals surface area (Å²) in [5, 5.41) is 4.55. The van der Waals surface area contributed by atoms with Crippen molar-refractivity contribution in [1.29, 1.82) is 0 Å². The fraction of sp³-hybridized carbons (Fsp3) is 0.273. The van der Waals surface area contributed by atoms with E-state index in [-0.39, 0.29) is 11.2 Å². The van der Waals surface area contributed by atoms with E-state index in [0.717, 1.165) is 27.2 Å². The highest BCUT2D eigenvalue weighted by molar-refractivity contribution is 8.00. The minimum Gasteiger partial charge on any atom is -0.495 e. The second-order valence-electron chi connectivity index (χ2n) is 6.34. The molecule has 0 saturated carbocycles. The Balaban J connectivity index is 1.85. The number of hydrogen-bond acceptors (Lipinski definition) is 5. The van der Waals surface area contributed by atoms with Crippen LogP contribution in [0.3, 0.4) is 0 Å². The molecule has 28 heavy (non-hydrogen) atoms. The Morgan fingerprint density at radius 3 is 2.54 bits per heavy atom. The predicted octanol–water partition coefficient (Wildman–Crippen LogP) is 5.07. The molecule has 3 aromatic rings. The maximum absolute atomic E-state index is 12.8. The maximum atomic E-state index is 12.8. The van der Waals surface area contributed by atoms with Gasteiger partial charge >= 0.3 is 0 Å². The van der Waals surface area contributed by atoms with Crippen LogP contribution in [-0.4, -0.2) is 30.4 Å². The zero-order valence-corrected chi connectivity index (χ0v) is 17.3. The van der Waals surface area contributed by atoms with Crippen molar-refractivity contribution < 1.29 is 14.3 Å². The zero-order chi connectivity index (χ0) is 20.1. The van der Waals surface area contributed by atoms with Gasteiger partial charge in [-0.15, -0.1) is 0 Å². The number of nitrogens with one attached hydrogen (secondary N) is 1. The number of ether oxygens (including phenoxy) is 2. The number of pyridine rings is 1. The number of methoxy groups -OCH3 is 2. The van der Waals surface area contributed by atoms with Crippen molar-refractivity contribution >= 4 is 34.3 Å². The summed E-state index contributed by atoms with van der Waals surface area (Å²) < 4.78 is 10.8. The van der Waals surface area contributed by atoms with Crippen LogP contribution >= 0.6 is 11.8 Å². The quantitative estimate of drug-likeness (QED) is 0.565. The Labute approximate surface area is 169 Å². The number of benzene rings is 2. The SMILES string of the molecule is CCC(Sc1cc(C)c2cccc(OC)c2n1)C(=O)Nc1ccccc1OC. The number of nitrogens with zero attached hydrogens (tertiary/aromatic N) is 1. The molecule has 146 valence electrons. The number of thioether (sulfide) groups is 1. The first-order chi connectivity index (χ1) is 13.6. The van der Waals surface area contributed by atoms with E-state index in [9.17, 15) is 4.79 Å². The third-order valence-corrected chi connectivity index (χ3v) is 5.78. The Morgan fingerprint density at radius 1 is 1.11 bits per heavy atom. The third kappa shape index (κ3) is 4.22. The summed E-state index contributed by atoms with van der Waals surface area (Å²) in [6.07, 6.45) is 0.677. The van der Waals surface area contributed by atoms with Gasteiger partial charge in [0.15, 0.2) is 0 Å². The Kier molecular flexibility index (Phi) is 6.41. The number of fused-ring (bicyclic) bond motifs is 1. The lowest BCUT2D eigenvalue weighted by molar-refractivity contribution is -0.115. The van der Waals surface area contributed by atoms with E-state index < -0.39 is 0 Å². The maximum Gasteiger partial charge on any atom is 0.238 e. The molecule has 1 atom stereocenters. The molecule has 0 fully saturated rings. The largest absolute Gasteiger partial charge is 0.495 e. The van der Waals surface area contributed by atoms with E-state index in [4.69, 9.17) is 14.5 Å². The average Bonchev–Trinajstić information content (AvgIpc) is 2.72. The van der Waals surface area contributed by atoms with Crippen LogP contribution in [0.1, 0.15) is 18.9 Å². The van der Waals surface area contributed by atoms with Gasteiger partial charge in [-0.2, -0.15) is 0 Å². The molecule has 1 unspecified atom stereocenters. The molecule has 0 radical (unpaired) electrons. The van der Waals surface area contributed by atoms with E-state index in [1.165, 1.54) is 11.8 Å². The van der Waals surface area contributed by atoms with Crippen LogP contribution in [0.15, 0.2) is 53.6 Å². The molecule has 0 bridgehead atoms. The summed E-state index contributed by atoms with van der Waals surface area (Å²) >= 11 is 1.46. The van der Waals surface area contributed by atoms with Crippen LogP contribution in [0.5, 0.6) is 11.5 Å². The molecule has 6 heteroatoms. The minimum atomic E-state index is -0.274. The topological polar surface area (TPSA) is 60.5 Å². The lowest BCUT2D eigenvalue weighted by Crippen LogP contribution is -2.25. The van der Waals surface area contributed by atoms with E-state index in [1.54, 1.807) is 14.2 Å². The number of amides is 1. The van der Waals surface area contributed by atoms with Gasteiger partial charge in [-0.1, -0.05) is 43.0 Å². The molecule has 1 amide bonds. The summed E-state index contributed by atoms with van der Waals surface area (Å²) in [5.74, 6) is 1.30. The van der Waals surface area contributed by atoms with Crippen LogP contribution < -0.4 is 14.8 Å². The summed E-state index contributed by atoms with van der Waals surface area (Å²) in [4.78, 5) is 17.6. The minimum absolute atomic E-state index is 0.0726. The number of hydrogen-bond donors (Lipinski definition) is 1. The third-order valence-electron chi connectivity index (χ3n) is 4.50. The van der Waals surface area contributed by atoms with E-state index in [0.29, 0.717) is 17.9 Å². The van der Waals surface area contributed by atoms with Crippen molar-refractivity contribution in [3.8, 4) is 11.5 Å². The van der Waals surface area contributed by atoms with Gasteiger partial charge < -0.3 is 14.8 Å². The Bertz CT molecular complexity index is 991. The highest BCUT2D eigenvalue weighted by atomic mass is 32.2. The Morgan fingerprint density at radius 2 is 1.82 bits per heavy atom. The molecule has 1 aromatic heterocycles. The monoisotopic (exact) mass is 396 g/mol. The van der Waals surface area contributed by atoms with Crippen LogP contribution in [0.25, 0.3) is 10.9 Å². The van der Waals surface area contributed by atoms with Gasteiger partial charge in [-0.05, 0) is 43.2 Å². The fourth-order valence-corrected chi connectivity index (χ4v) is 4.03. The van der Waals surface area contributed by atoms with Gasteiger partial charge in [0.2, 0.25) is 5.91 Å². The molecular weight excluding hydrogens is 372 g/mol. The van der Waals surface area contributed by atoms with Gasteiger partial charge in [0.05, 0.1) is 30.2 Å². The first kappa shape index (κ1) is 20.0. The molecule has 0 aliphatic carbocycles. The van der Waals surface area contributed by atoms with Crippen molar-refractivity contribution in [2.75, 3.05) is 19.5 Å². The number of aromatic nitrogens is 1. The second-order valence-corrected chi connectivity index (χ2v) is 7.56. The van der Waals surface area contributed by atoms with Gasteiger partial charge in [0, 0.05) is 5.39 Å². The number of aryl methyl sites for hydroxylation is 1. The summed E-state index contributed by atoms with van der Waals surface area (Å²) in [5.41, 5.74) is 2.58. The van der Waals surface area contributed by atoms with Crippen LogP contribution in [0.4, 0.5) is 5.69 Å². The van der Waals surface area contributed by atoms with Gasteiger partial charge in [-0.25, -0.2) is 4.98 Å². The molecule has 0 aliphatic heterocycles.